The number of nitrogens with two attached hydrogens (primary N) is 1. The summed E-state index contributed by atoms with van der Waals surface area (Å²) in [6.45, 7) is 1.89. The second-order valence-corrected chi connectivity index (χ2v) is 4.43. The van der Waals surface area contributed by atoms with E-state index in [1.54, 1.807) is 4.90 Å². The molecule has 2 aliphatic rings. The van der Waals surface area contributed by atoms with Gasteiger partial charge in [0.05, 0.1) is 0 Å². The standard InChI is InChI=1S/C12H15N3O/c13-12(16)15-10-4-2-1-3-8(10)9-7-14-6-5-11(9)15/h1-4,9,11,14H,5-7H2,(H2,13,16). The number of carbonyl (C=O) groups is 1. The van der Waals surface area contributed by atoms with Gasteiger partial charge in [0.2, 0.25) is 0 Å². The maximum atomic E-state index is 11.5. The highest BCUT2D eigenvalue weighted by molar-refractivity contribution is 5.94. The number of hydrogen-bond acceptors (Lipinski definition) is 2. The first-order valence-corrected chi connectivity index (χ1v) is 5.67. The van der Waals surface area contributed by atoms with Gasteiger partial charge in [-0.05, 0) is 24.6 Å². The summed E-state index contributed by atoms with van der Waals surface area (Å²) in [5.74, 6) is 0.400. The van der Waals surface area contributed by atoms with Gasteiger partial charge < -0.3 is 11.1 Å². The SMILES string of the molecule is NC(=O)N1c2ccccc2C2CNCCC21. The van der Waals surface area contributed by atoms with Crippen molar-refractivity contribution in [2.45, 2.75) is 18.4 Å². The van der Waals surface area contributed by atoms with Crippen LogP contribution in [-0.4, -0.2) is 25.2 Å². The minimum Gasteiger partial charge on any atom is -0.351 e. The Kier molecular flexibility index (Phi) is 2.11. The van der Waals surface area contributed by atoms with E-state index < -0.39 is 0 Å². The number of urea groups is 1. The van der Waals surface area contributed by atoms with Crippen molar-refractivity contribution in [1.82, 2.24) is 5.32 Å². The number of fused-ring (bicyclic) bond motifs is 3. The zero-order valence-corrected chi connectivity index (χ0v) is 9.02. The van der Waals surface area contributed by atoms with Crippen molar-refractivity contribution >= 4 is 11.7 Å². The number of amides is 2. The van der Waals surface area contributed by atoms with Gasteiger partial charge in [0.1, 0.15) is 0 Å². The number of anilines is 1. The summed E-state index contributed by atoms with van der Waals surface area (Å²) in [6.07, 6.45) is 0.974. The molecule has 0 radical (unpaired) electrons. The predicted molar refractivity (Wildman–Crippen MR) is 62.5 cm³/mol. The molecule has 2 aliphatic heterocycles. The molecule has 0 bridgehead atoms. The number of benzene rings is 1. The second kappa shape index (κ2) is 3.49. The third-order valence-corrected chi connectivity index (χ3v) is 3.61. The van der Waals surface area contributed by atoms with Gasteiger partial charge >= 0.3 is 6.03 Å². The molecule has 0 spiro atoms. The van der Waals surface area contributed by atoms with E-state index in [-0.39, 0.29) is 12.1 Å². The van der Waals surface area contributed by atoms with Crippen molar-refractivity contribution in [1.29, 1.82) is 0 Å². The van der Waals surface area contributed by atoms with Gasteiger partial charge in [-0.15, -0.1) is 0 Å². The van der Waals surface area contributed by atoms with Crippen molar-refractivity contribution in [2.24, 2.45) is 5.73 Å². The third-order valence-electron chi connectivity index (χ3n) is 3.61. The summed E-state index contributed by atoms with van der Waals surface area (Å²) in [6, 6.07) is 7.98. The van der Waals surface area contributed by atoms with Gasteiger partial charge in [-0.1, -0.05) is 18.2 Å². The maximum Gasteiger partial charge on any atom is 0.319 e. The Bertz CT molecular complexity index is 432. The van der Waals surface area contributed by atoms with Crippen LogP contribution >= 0.6 is 0 Å². The number of nitrogens with zero attached hydrogens (tertiary/aromatic N) is 1. The number of carbonyl (C=O) groups excluding carboxylic acids is 1. The molecule has 1 saturated heterocycles. The summed E-state index contributed by atoms with van der Waals surface area (Å²) in [4.78, 5) is 13.3. The van der Waals surface area contributed by atoms with E-state index in [1.165, 1.54) is 5.56 Å². The molecule has 84 valence electrons. The van der Waals surface area contributed by atoms with Gasteiger partial charge in [0.15, 0.2) is 0 Å². The number of rotatable bonds is 0. The minimum absolute atomic E-state index is 0.246. The molecule has 0 aliphatic carbocycles. The fourth-order valence-electron chi connectivity index (χ4n) is 2.95. The summed E-state index contributed by atoms with van der Waals surface area (Å²) >= 11 is 0. The van der Waals surface area contributed by atoms with Crippen LogP contribution in [0.3, 0.4) is 0 Å². The molecular weight excluding hydrogens is 202 g/mol. The largest absolute Gasteiger partial charge is 0.351 e. The van der Waals surface area contributed by atoms with Crippen LogP contribution in [0.25, 0.3) is 0 Å². The van der Waals surface area contributed by atoms with Crippen molar-refractivity contribution < 1.29 is 4.79 Å². The Hall–Kier alpha value is -1.55. The van der Waals surface area contributed by atoms with Crippen molar-refractivity contribution in [3.05, 3.63) is 29.8 Å². The Labute approximate surface area is 94.4 Å². The smallest absolute Gasteiger partial charge is 0.319 e. The summed E-state index contributed by atoms with van der Waals surface area (Å²) in [5, 5.41) is 3.38. The van der Waals surface area contributed by atoms with E-state index in [1.807, 2.05) is 18.2 Å². The van der Waals surface area contributed by atoms with E-state index in [0.29, 0.717) is 5.92 Å². The average Bonchev–Trinajstić information content (AvgIpc) is 2.63. The molecule has 2 amide bonds. The van der Waals surface area contributed by atoms with Gasteiger partial charge in [-0.25, -0.2) is 4.79 Å². The van der Waals surface area contributed by atoms with Crippen LogP contribution in [0.1, 0.15) is 17.9 Å². The number of nitrogens with one attached hydrogen (secondary N) is 1. The van der Waals surface area contributed by atoms with Crippen LogP contribution < -0.4 is 16.0 Å². The van der Waals surface area contributed by atoms with Gasteiger partial charge in [0, 0.05) is 24.2 Å². The average molecular weight is 217 g/mol. The van der Waals surface area contributed by atoms with Crippen molar-refractivity contribution in [3.8, 4) is 0 Å². The zero-order valence-electron chi connectivity index (χ0n) is 9.02. The molecule has 3 rings (SSSR count). The number of piperidine rings is 1. The van der Waals surface area contributed by atoms with Crippen LogP contribution in [0.5, 0.6) is 0 Å². The van der Waals surface area contributed by atoms with Crippen LogP contribution in [0.2, 0.25) is 0 Å². The molecule has 1 aromatic carbocycles. The van der Waals surface area contributed by atoms with Gasteiger partial charge in [-0.2, -0.15) is 0 Å². The summed E-state index contributed by atoms with van der Waals surface area (Å²) < 4.78 is 0. The van der Waals surface area contributed by atoms with E-state index in [4.69, 9.17) is 5.73 Å². The summed E-state index contributed by atoms with van der Waals surface area (Å²) in [7, 11) is 0. The molecule has 16 heavy (non-hydrogen) atoms. The topological polar surface area (TPSA) is 58.4 Å². The lowest BCUT2D eigenvalue weighted by atomic mass is 9.90. The molecule has 0 aromatic heterocycles. The molecule has 0 saturated carbocycles. The van der Waals surface area contributed by atoms with E-state index in [2.05, 4.69) is 11.4 Å². The van der Waals surface area contributed by atoms with Gasteiger partial charge in [-0.3, -0.25) is 4.90 Å². The molecule has 2 atom stereocenters. The molecule has 2 heterocycles. The first kappa shape index (κ1) is 9.66. The molecular formula is C12H15N3O. The Balaban J connectivity index is 2.09. The lowest BCUT2D eigenvalue weighted by Gasteiger charge is -2.31. The molecule has 1 fully saturated rings. The first-order valence-electron chi connectivity index (χ1n) is 5.67. The maximum absolute atomic E-state index is 11.5. The molecule has 3 N–H and O–H groups in total. The van der Waals surface area contributed by atoms with Gasteiger partial charge in [0.25, 0.3) is 0 Å². The molecule has 2 unspecified atom stereocenters. The fraction of sp³-hybridized carbons (Fsp3) is 0.417. The quantitative estimate of drug-likeness (QED) is 0.682. The molecule has 1 aromatic rings. The van der Waals surface area contributed by atoms with E-state index in [9.17, 15) is 4.79 Å². The fourth-order valence-corrected chi connectivity index (χ4v) is 2.95. The normalized spacial score (nSPS) is 27.4. The predicted octanol–water partition coefficient (Wildman–Crippen LogP) is 1.03. The Morgan fingerprint density at radius 2 is 2.25 bits per heavy atom. The minimum atomic E-state index is -0.332. The van der Waals surface area contributed by atoms with E-state index >= 15 is 0 Å². The van der Waals surface area contributed by atoms with Crippen LogP contribution in [0, 0.1) is 0 Å². The number of hydrogen-bond donors (Lipinski definition) is 2. The number of primary amides is 1. The highest BCUT2D eigenvalue weighted by Gasteiger charge is 2.41. The van der Waals surface area contributed by atoms with Crippen LogP contribution in [-0.2, 0) is 0 Å². The van der Waals surface area contributed by atoms with Crippen molar-refractivity contribution in [3.63, 3.8) is 0 Å². The number of para-hydroxylation sites is 1. The monoisotopic (exact) mass is 217 g/mol. The second-order valence-electron chi connectivity index (χ2n) is 4.43. The first-order chi connectivity index (χ1) is 7.79. The Morgan fingerprint density at radius 3 is 3.06 bits per heavy atom. The lowest BCUT2D eigenvalue weighted by Crippen LogP contribution is -2.48. The van der Waals surface area contributed by atoms with Crippen molar-refractivity contribution in [2.75, 3.05) is 18.0 Å². The molecule has 4 nitrogen and oxygen atoms in total. The highest BCUT2D eigenvalue weighted by Crippen LogP contribution is 2.42. The van der Waals surface area contributed by atoms with Crippen LogP contribution in [0.4, 0.5) is 10.5 Å². The third kappa shape index (κ3) is 1.23. The van der Waals surface area contributed by atoms with Crippen LogP contribution in [0.15, 0.2) is 24.3 Å². The Morgan fingerprint density at radius 1 is 1.44 bits per heavy atom. The highest BCUT2D eigenvalue weighted by atomic mass is 16.2. The lowest BCUT2D eigenvalue weighted by molar-refractivity contribution is 0.249. The van der Waals surface area contributed by atoms with E-state index in [0.717, 1.165) is 25.2 Å². The molecule has 4 heteroatoms. The summed E-state index contributed by atoms with van der Waals surface area (Å²) in [5.41, 5.74) is 7.73. The zero-order chi connectivity index (χ0) is 11.1.